The van der Waals surface area contributed by atoms with Crippen molar-refractivity contribution in [1.29, 1.82) is 0 Å². The molecule has 0 fully saturated rings. The number of anilines is 1. The van der Waals surface area contributed by atoms with E-state index in [1.165, 1.54) is 16.1 Å². The number of rotatable bonds is 5. The molecule has 1 aromatic carbocycles. The van der Waals surface area contributed by atoms with E-state index >= 15 is 0 Å². The first-order chi connectivity index (χ1) is 7.90. The van der Waals surface area contributed by atoms with Crippen LogP contribution in [-0.4, -0.2) is 6.54 Å². The number of para-hydroxylation sites is 1. The molecule has 1 aromatic heterocycles. The van der Waals surface area contributed by atoms with Crippen molar-refractivity contribution >= 4 is 17.0 Å². The molecule has 0 saturated heterocycles. The van der Waals surface area contributed by atoms with Crippen molar-refractivity contribution in [2.24, 2.45) is 0 Å². The Kier molecular flexibility index (Phi) is 4.00. The van der Waals surface area contributed by atoms with Crippen molar-refractivity contribution in [3.63, 3.8) is 0 Å². The maximum atomic E-state index is 3.51. The van der Waals surface area contributed by atoms with Crippen LogP contribution in [0.1, 0.15) is 17.4 Å². The number of benzene rings is 1. The fraction of sp³-hybridized carbons (Fsp3) is 0.286. The molecule has 0 aliphatic carbocycles. The predicted octanol–water partition coefficient (Wildman–Crippen LogP) is 3.97. The Morgan fingerprint density at radius 1 is 1.12 bits per heavy atom. The summed E-state index contributed by atoms with van der Waals surface area (Å²) in [6.07, 6.45) is 2.19. The van der Waals surface area contributed by atoms with Crippen LogP contribution in [-0.2, 0) is 12.8 Å². The van der Waals surface area contributed by atoms with Gasteiger partial charge in [0.2, 0.25) is 0 Å². The zero-order valence-corrected chi connectivity index (χ0v) is 10.4. The Labute approximate surface area is 101 Å². The topological polar surface area (TPSA) is 12.0 Å². The van der Waals surface area contributed by atoms with E-state index in [-0.39, 0.29) is 0 Å². The molecule has 0 radical (unpaired) electrons. The normalized spacial score (nSPS) is 10.3. The standard InChI is InChI=1S/C14H17NS/c1-2-12-6-3-4-8-14(12)15-10-9-13-7-5-11-16-13/h3-8,11,15H,2,9-10H2,1H3. The highest BCUT2D eigenvalue weighted by molar-refractivity contribution is 7.09. The van der Waals surface area contributed by atoms with Gasteiger partial charge in [-0.2, -0.15) is 0 Å². The minimum atomic E-state index is 1.01. The van der Waals surface area contributed by atoms with Gasteiger partial charge in [0.15, 0.2) is 0 Å². The van der Waals surface area contributed by atoms with Crippen molar-refractivity contribution in [3.05, 3.63) is 52.2 Å². The average Bonchev–Trinajstić information content (AvgIpc) is 2.83. The van der Waals surface area contributed by atoms with Gasteiger partial charge >= 0.3 is 0 Å². The third kappa shape index (κ3) is 2.86. The zero-order valence-electron chi connectivity index (χ0n) is 9.57. The second-order valence-corrected chi connectivity index (χ2v) is 4.80. The Bertz CT molecular complexity index is 420. The first-order valence-corrected chi connectivity index (χ1v) is 6.62. The quantitative estimate of drug-likeness (QED) is 0.821. The second-order valence-electron chi connectivity index (χ2n) is 3.77. The number of hydrogen-bond acceptors (Lipinski definition) is 2. The maximum Gasteiger partial charge on any atom is 0.0372 e. The molecule has 0 unspecified atom stereocenters. The van der Waals surface area contributed by atoms with E-state index in [0.29, 0.717) is 0 Å². The SMILES string of the molecule is CCc1ccccc1NCCc1cccs1. The molecule has 0 atom stereocenters. The average molecular weight is 231 g/mol. The monoisotopic (exact) mass is 231 g/mol. The molecule has 0 aliphatic rings. The Hall–Kier alpha value is -1.28. The van der Waals surface area contributed by atoms with Gasteiger partial charge in [-0.15, -0.1) is 11.3 Å². The maximum absolute atomic E-state index is 3.51. The van der Waals surface area contributed by atoms with Crippen molar-refractivity contribution in [3.8, 4) is 0 Å². The Morgan fingerprint density at radius 3 is 2.75 bits per heavy atom. The summed E-state index contributed by atoms with van der Waals surface area (Å²) in [7, 11) is 0. The summed E-state index contributed by atoms with van der Waals surface area (Å²) in [5, 5.41) is 5.64. The van der Waals surface area contributed by atoms with Gasteiger partial charge in [-0.25, -0.2) is 0 Å². The second kappa shape index (κ2) is 5.71. The molecule has 0 amide bonds. The molecule has 0 bridgehead atoms. The summed E-state index contributed by atoms with van der Waals surface area (Å²) < 4.78 is 0. The van der Waals surface area contributed by atoms with Crippen LogP contribution in [0.2, 0.25) is 0 Å². The van der Waals surface area contributed by atoms with Crippen molar-refractivity contribution in [2.75, 3.05) is 11.9 Å². The van der Waals surface area contributed by atoms with Gasteiger partial charge < -0.3 is 5.32 Å². The lowest BCUT2D eigenvalue weighted by Crippen LogP contribution is -2.05. The molecule has 1 N–H and O–H groups in total. The molecule has 2 aromatic rings. The van der Waals surface area contributed by atoms with Crippen LogP contribution in [0.3, 0.4) is 0 Å². The van der Waals surface area contributed by atoms with E-state index in [9.17, 15) is 0 Å². The van der Waals surface area contributed by atoms with Gasteiger partial charge in [-0.3, -0.25) is 0 Å². The molecule has 2 heteroatoms. The zero-order chi connectivity index (χ0) is 11.2. The Morgan fingerprint density at radius 2 is 2.00 bits per heavy atom. The smallest absolute Gasteiger partial charge is 0.0372 e. The Balaban J connectivity index is 1.89. The van der Waals surface area contributed by atoms with Crippen LogP contribution in [0.5, 0.6) is 0 Å². The minimum Gasteiger partial charge on any atom is -0.384 e. The summed E-state index contributed by atoms with van der Waals surface area (Å²) >= 11 is 1.83. The van der Waals surface area contributed by atoms with Gasteiger partial charge in [0.1, 0.15) is 0 Å². The summed E-state index contributed by atoms with van der Waals surface area (Å²) in [6, 6.07) is 12.8. The lowest BCUT2D eigenvalue weighted by Gasteiger charge is -2.09. The third-order valence-electron chi connectivity index (χ3n) is 2.67. The molecule has 0 spiro atoms. The van der Waals surface area contributed by atoms with Crippen LogP contribution in [0.25, 0.3) is 0 Å². The summed E-state index contributed by atoms with van der Waals surface area (Å²) in [5.74, 6) is 0. The van der Waals surface area contributed by atoms with E-state index < -0.39 is 0 Å². The molecule has 1 nitrogen and oxygen atoms in total. The largest absolute Gasteiger partial charge is 0.384 e. The highest BCUT2D eigenvalue weighted by atomic mass is 32.1. The number of thiophene rings is 1. The predicted molar refractivity (Wildman–Crippen MR) is 72.3 cm³/mol. The van der Waals surface area contributed by atoms with Crippen LogP contribution < -0.4 is 5.32 Å². The van der Waals surface area contributed by atoms with Gasteiger partial charge in [0.05, 0.1) is 0 Å². The van der Waals surface area contributed by atoms with Gasteiger partial charge in [-0.05, 0) is 35.9 Å². The molecule has 2 rings (SSSR count). The van der Waals surface area contributed by atoms with Crippen LogP contribution in [0, 0.1) is 0 Å². The van der Waals surface area contributed by atoms with Crippen LogP contribution in [0.15, 0.2) is 41.8 Å². The lowest BCUT2D eigenvalue weighted by atomic mass is 10.1. The van der Waals surface area contributed by atoms with E-state index in [4.69, 9.17) is 0 Å². The van der Waals surface area contributed by atoms with E-state index in [1.54, 1.807) is 0 Å². The molecule has 0 aliphatic heterocycles. The number of nitrogens with one attached hydrogen (secondary N) is 1. The molecule has 0 saturated carbocycles. The van der Waals surface area contributed by atoms with E-state index in [1.807, 2.05) is 11.3 Å². The third-order valence-corrected chi connectivity index (χ3v) is 3.60. The highest BCUT2D eigenvalue weighted by Gasteiger charge is 1.98. The minimum absolute atomic E-state index is 1.01. The molecule has 1 heterocycles. The summed E-state index contributed by atoms with van der Waals surface area (Å²) in [4.78, 5) is 1.45. The summed E-state index contributed by atoms with van der Waals surface area (Å²) in [5.41, 5.74) is 2.68. The van der Waals surface area contributed by atoms with Gasteiger partial charge in [0.25, 0.3) is 0 Å². The molecule has 84 valence electrons. The van der Waals surface area contributed by atoms with E-state index in [0.717, 1.165) is 19.4 Å². The van der Waals surface area contributed by atoms with Gasteiger partial charge in [-0.1, -0.05) is 31.2 Å². The first kappa shape index (κ1) is 11.2. The van der Waals surface area contributed by atoms with Crippen LogP contribution in [0.4, 0.5) is 5.69 Å². The highest BCUT2D eigenvalue weighted by Crippen LogP contribution is 2.16. The first-order valence-electron chi connectivity index (χ1n) is 5.74. The number of hydrogen-bond donors (Lipinski definition) is 1. The fourth-order valence-corrected chi connectivity index (χ4v) is 2.49. The van der Waals surface area contributed by atoms with Crippen molar-refractivity contribution in [1.82, 2.24) is 0 Å². The van der Waals surface area contributed by atoms with Gasteiger partial charge in [0, 0.05) is 17.1 Å². The van der Waals surface area contributed by atoms with Crippen molar-refractivity contribution < 1.29 is 0 Å². The molecular formula is C14H17NS. The van der Waals surface area contributed by atoms with Crippen LogP contribution >= 0.6 is 11.3 Å². The lowest BCUT2D eigenvalue weighted by molar-refractivity contribution is 1.03. The van der Waals surface area contributed by atoms with Crippen molar-refractivity contribution in [2.45, 2.75) is 19.8 Å². The summed E-state index contributed by atoms with van der Waals surface area (Å²) in [6.45, 7) is 3.21. The van der Waals surface area contributed by atoms with E-state index in [2.05, 4.69) is 54.0 Å². The molecular weight excluding hydrogens is 214 g/mol. The fourth-order valence-electron chi connectivity index (χ4n) is 1.78. The molecule has 16 heavy (non-hydrogen) atoms. The number of aryl methyl sites for hydroxylation is 1.